The van der Waals surface area contributed by atoms with Crippen LogP contribution < -0.4 is 11.1 Å². The number of sulfone groups is 1. The predicted molar refractivity (Wildman–Crippen MR) is 148 cm³/mol. The van der Waals surface area contributed by atoms with Crippen LogP contribution >= 0.6 is 0 Å². The number of carbonyl (C=O) groups is 1. The fourth-order valence-corrected chi connectivity index (χ4v) is 4.96. The summed E-state index contributed by atoms with van der Waals surface area (Å²) >= 11 is 0. The van der Waals surface area contributed by atoms with E-state index < -0.39 is 27.5 Å². The molecule has 3 N–H and O–H groups in total. The molecule has 5 rings (SSSR count). The summed E-state index contributed by atoms with van der Waals surface area (Å²) in [6, 6.07) is 13.6. The molecule has 212 valence electrons. The molecule has 3 aromatic heterocycles. The summed E-state index contributed by atoms with van der Waals surface area (Å²) in [5, 5.41) is 11.2. The first-order valence-corrected chi connectivity index (χ1v) is 14.3. The fraction of sp³-hybridized carbons (Fsp3) is 0.185. The van der Waals surface area contributed by atoms with E-state index in [9.17, 15) is 26.4 Å². The van der Waals surface area contributed by atoms with Crippen LogP contribution in [0.1, 0.15) is 17.5 Å². The van der Waals surface area contributed by atoms with Gasteiger partial charge in [0.15, 0.2) is 5.65 Å². The lowest BCUT2D eigenvalue weighted by molar-refractivity contribution is -0.137. The summed E-state index contributed by atoms with van der Waals surface area (Å²) in [5.41, 5.74) is 8.89. The molecule has 0 bridgehead atoms. The maximum atomic E-state index is 13.6. The van der Waals surface area contributed by atoms with Gasteiger partial charge >= 0.3 is 6.18 Å². The quantitative estimate of drug-likeness (QED) is 0.269. The molecule has 0 saturated carbocycles. The lowest BCUT2D eigenvalue weighted by Crippen LogP contribution is -2.17. The highest BCUT2D eigenvalue weighted by molar-refractivity contribution is 7.90. The molecule has 5 aromatic rings. The third kappa shape index (κ3) is 5.91. The monoisotopic (exact) mass is 583 g/mol. The second kappa shape index (κ2) is 10.4. The Kier molecular flexibility index (Phi) is 7.03. The molecule has 2 aromatic carbocycles. The van der Waals surface area contributed by atoms with Crippen molar-refractivity contribution in [3.8, 4) is 28.1 Å². The summed E-state index contributed by atoms with van der Waals surface area (Å²) in [6.07, 6.45) is -0.623. The van der Waals surface area contributed by atoms with Gasteiger partial charge in [-0.05, 0) is 60.5 Å². The summed E-state index contributed by atoms with van der Waals surface area (Å²) in [6.45, 7) is 1.75. The zero-order chi connectivity index (χ0) is 29.5. The van der Waals surface area contributed by atoms with E-state index in [2.05, 4.69) is 20.5 Å². The van der Waals surface area contributed by atoms with Gasteiger partial charge in [0.2, 0.25) is 11.9 Å². The number of nitrogen functional groups attached to an aromatic ring is 1. The van der Waals surface area contributed by atoms with Gasteiger partial charge in [-0.25, -0.2) is 17.6 Å². The molecular formula is C27H24F3N7O3S. The zero-order valence-electron chi connectivity index (χ0n) is 21.8. The molecule has 0 spiro atoms. The number of hydrogen-bond acceptors (Lipinski definition) is 7. The van der Waals surface area contributed by atoms with Gasteiger partial charge in [-0.3, -0.25) is 10.1 Å². The topological polar surface area (TPSA) is 137 Å². The standard InChI is InChI=1S/C27H24F3N7O3S/c1-16-21(22-10-12-32-37(22)20-8-6-19(31)7-9-20)15-36-25(24(16)17-4-3-5-18(14-17)27(28,29)30)34-26(35-36)33-23(38)11-13-41(2,39)40/h3-10,12,14-15H,11,13,31H2,1-2H3,(H,33,35,38). The maximum Gasteiger partial charge on any atom is 0.416 e. The molecule has 0 aliphatic carbocycles. The van der Waals surface area contributed by atoms with E-state index in [1.807, 2.05) is 0 Å². The van der Waals surface area contributed by atoms with Crippen molar-refractivity contribution < 1.29 is 26.4 Å². The maximum absolute atomic E-state index is 13.6. The number of nitrogens with two attached hydrogens (primary N) is 1. The SMILES string of the molecule is Cc1c(-c2ccnn2-c2ccc(N)cc2)cn2nc(NC(=O)CCS(C)(=O)=O)nc2c1-c1cccc(C(F)(F)F)c1. The number of hydrogen-bond donors (Lipinski definition) is 2. The number of halogens is 3. The van der Waals surface area contributed by atoms with E-state index in [4.69, 9.17) is 5.73 Å². The molecule has 3 heterocycles. The molecule has 0 aliphatic heterocycles. The van der Waals surface area contributed by atoms with Crippen molar-refractivity contribution >= 4 is 33.0 Å². The van der Waals surface area contributed by atoms with Gasteiger partial charge in [-0.1, -0.05) is 12.1 Å². The molecule has 41 heavy (non-hydrogen) atoms. The van der Waals surface area contributed by atoms with Crippen molar-refractivity contribution in [3.63, 3.8) is 0 Å². The first-order valence-electron chi connectivity index (χ1n) is 12.3. The van der Waals surface area contributed by atoms with Crippen LogP contribution in [0.2, 0.25) is 0 Å². The molecule has 14 heteroatoms. The average molecular weight is 584 g/mol. The molecule has 0 atom stereocenters. The van der Waals surface area contributed by atoms with Gasteiger partial charge in [0, 0.05) is 35.7 Å². The zero-order valence-corrected chi connectivity index (χ0v) is 22.7. The Morgan fingerprint density at radius 3 is 2.51 bits per heavy atom. The van der Waals surface area contributed by atoms with E-state index in [-0.39, 0.29) is 29.3 Å². The fourth-order valence-electron chi connectivity index (χ4n) is 4.41. The van der Waals surface area contributed by atoms with Gasteiger partial charge in [0.05, 0.1) is 28.9 Å². The molecule has 1 amide bonds. The minimum absolute atomic E-state index is 0.125. The lowest BCUT2D eigenvalue weighted by Gasteiger charge is -2.16. The van der Waals surface area contributed by atoms with Crippen LogP contribution in [-0.2, 0) is 20.8 Å². The molecule has 0 saturated heterocycles. The van der Waals surface area contributed by atoms with Crippen LogP contribution in [0, 0.1) is 6.92 Å². The Morgan fingerprint density at radius 1 is 1.10 bits per heavy atom. The van der Waals surface area contributed by atoms with E-state index >= 15 is 0 Å². The normalized spacial score (nSPS) is 12.1. The lowest BCUT2D eigenvalue weighted by atomic mass is 9.95. The van der Waals surface area contributed by atoms with Crippen molar-refractivity contribution in [1.82, 2.24) is 24.4 Å². The van der Waals surface area contributed by atoms with Gasteiger partial charge in [0.1, 0.15) is 9.84 Å². The van der Waals surface area contributed by atoms with Crippen LogP contribution in [0.15, 0.2) is 67.0 Å². The Hall–Kier alpha value is -4.72. The van der Waals surface area contributed by atoms with Gasteiger partial charge in [-0.15, -0.1) is 5.10 Å². The highest BCUT2D eigenvalue weighted by Crippen LogP contribution is 2.38. The second-order valence-corrected chi connectivity index (χ2v) is 11.7. The van der Waals surface area contributed by atoms with Crippen LogP contribution in [0.25, 0.3) is 33.7 Å². The number of carbonyl (C=O) groups excluding carboxylic acids is 1. The highest BCUT2D eigenvalue weighted by atomic mass is 32.2. The number of aromatic nitrogens is 5. The van der Waals surface area contributed by atoms with Crippen LogP contribution in [0.3, 0.4) is 0 Å². The number of fused-ring (bicyclic) bond motifs is 1. The van der Waals surface area contributed by atoms with Crippen LogP contribution in [-0.4, -0.2) is 50.7 Å². The number of rotatable bonds is 7. The largest absolute Gasteiger partial charge is 0.416 e. The Morgan fingerprint density at radius 2 is 1.83 bits per heavy atom. The Bertz CT molecular complexity index is 1880. The van der Waals surface area contributed by atoms with E-state index in [0.29, 0.717) is 33.8 Å². The van der Waals surface area contributed by atoms with Crippen LogP contribution in [0.4, 0.5) is 24.8 Å². The first-order chi connectivity index (χ1) is 19.3. The van der Waals surface area contributed by atoms with Crippen LogP contribution in [0.5, 0.6) is 0 Å². The van der Waals surface area contributed by atoms with E-state index in [1.54, 1.807) is 54.3 Å². The van der Waals surface area contributed by atoms with Gasteiger partial charge in [0.25, 0.3) is 0 Å². The molecule has 0 unspecified atom stereocenters. The molecule has 10 nitrogen and oxygen atoms in total. The van der Waals surface area contributed by atoms with E-state index in [0.717, 1.165) is 18.4 Å². The van der Waals surface area contributed by atoms with Gasteiger partial charge < -0.3 is 5.73 Å². The minimum atomic E-state index is -4.57. The molecule has 0 radical (unpaired) electrons. The summed E-state index contributed by atoms with van der Waals surface area (Å²) < 4.78 is 66.8. The minimum Gasteiger partial charge on any atom is -0.399 e. The Balaban J connectivity index is 1.68. The summed E-state index contributed by atoms with van der Waals surface area (Å²) in [4.78, 5) is 16.8. The van der Waals surface area contributed by atoms with Crippen molar-refractivity contribution in [2.75, 3.05) is 23.1 Å². The van der Waals surface area contributed by atoms with Crippen molar-refractivity contribution in [2.24, 2.45) is 0 Å². The molecule has 0 fully saturated rings. The smallest absolute Gasteiger partial charge is 0.399 e. The van der Waals surface area contributed by atoms with Crippen molar-refractivity contribution in [1.29, 1.82) is 0 Å². The average Bonchev–Trinajstić information content (AvgIpc) is 3.53. The number of nitrogens with zero attached hydrogens (tertiary/aromatic N) is 5. The number of nitrogens with one attached hydrogen (secondary N) is 1. The predicted octanol–water partition coefficient (Wildman–Crippen LogP) is 4.53. The first kappa shape index (κ1) is 27.8. The third-order valence-electron chi connectivity index (χ3n) is 6.37. The number of anilines is 2. The number of pyridine rings is 1. The Labute approximate surface area is 232 Å². The molecule has 0 aliphatic rings. The highest BCUT2D eigenvalue weighted by Gasteiger charge is 2.31. The van der Waals surface area contributed by atoms with E-state index in [1.165, 1.54) is 16.6 Å². The van der Waals surface area contributed by atoms with Crippen molar-refractivity contribution in [3.05, 3.63) is 78.1 Å². The molecular weight excluding hydrogens is 559 g/mol. The van der Waals surface area contributed by atoms with Crippen molar-refractivity contribution in [2.45, 2.75) is 19.5 Å². The third-order valence-corrected chi connectivity index (χ3v) is 7.32. The summed E-state index contributed by atoms with van der Waals surface area (Å²) in [5.74, 6) is -1.11. The number of alkyl halides is 3. The second-order valence-electron chi connectivity index (χ2n) is 9.47. The summed E-state index contributed by atoms with van der Waals surface area (Å²) in [7, 11) is -3.37. The number of amides is 1. The number of benzene rings is 2. The van der Waals surface area contributed by atoms with Gasteiger partial charge in [-0.2, -0.15) is 23.3 Å².